The average molecular weight is 462 g/mol. The molecule has 0 aromatic heterocycles. The Morgan fingerprint density at radius 3 is 2.25 bits per heavy atom. The summed E-state index contributed by atoms with van der Waals surface area (Å²) in [4.78, 5) is 29.3. The lowest BCUT2D eigenvalue weighted by atomic mass is 10.0. The minimum absolute atomic E-state index is 0.0625. The van der Waals surface area contributed by atoms with Crippen molar-refractivity contribution in [1.82, 2.24) is 9.21 Å². The van der Waals surface area contributed by atoms with Gasteiger partial charge in [-0.15, -0.1) is 0 Å². The van der Waals surface area contributed by atoms with E-state index in [4.69, 9.17) is 0 Å². The van der Waals surface area contributed by atoms with Crippen molar-refractivity contribution < 1.29 is 18.0 Å². The first-order valence-corrected chi connectivity index (χ1v) is 13.5. The highest BCUT2D eigenvalue weighted by molar-refractivity contribution is 7.89. The molecule has 3 aliphatic heterocycles. The van der Waals surface area contributed by atoms with E-state index in [1.165, 1.54) is 12.8 Å². The Morgan fingerprint density at radius 2 is 1.56 bits per heavy atom. The zero-order valence-corrected chi connectivity index (χ0v) is 19.9. The standard InChI is InChI=1S/C24H35N3O4S/c1-19-10-15-26(16-11-19)32(30,31)21-6-7-22-20(18-21)12-17-27(22)24(29)9-8-23(28)25-13-4-2-3-5-14-25/h6-7,18-19H,2-5,8-17H2,1H3. The summed E-state index contributed by atoms with van der Waals surface area (Å²) in [5, 5.41) is 0. The van der Waals surface area contributed by atoms with E-state index in [1.807, 2.05) is 4.90 Å². The monoisotopic (exact) mass is 461 g/mol. The van der Waals surface area contributed by atoms with Crippen molar-refractivity contribution in [3.63, 3.8) is 0 Å². The van der Waals surface area contributed by atoms with E-state index in [1.54, 1.807) is 27.4 Å². The number of sulfonamides is 1. The number of carbonyl (C=O) groups is 2. The number of amides is 2. The van der Waals surface area contributed by atoms with Crippen molar-refractivity contribution in [3.8, 4) is 0 Å². The quantitative estimate of drug-likeness (QED) is 0.675. The molecule has 1 aromatic rings. The van der Waals surface area contributed by atoms with E-state index in [2.05, 4.69) is 6.92 Å². The van der Waals surface area contributed by atoms with Crippen LogP contribution in [0.2, 0.25) is 0 Å². The Labute approximate surface area is 191 Å². The molecular weight excluding hydrogens is 426 g/mol. The number of piperidine rings is 1. The second-order valence-corrected chi connectivity index (χ2v) is 11.4. The van der Waals surface area contributed by atoms with Crippen LogP contribution in [0.3, 0.4) is 0 Å². The van der Waals surface area contributed by atoms with E-state index in [9.17, 15) is 18.0 Å². The zero-order valence-electron chi connectivity index (χ0n) is 19.1. The fourth-order valence-corrected chi connectivity index (χ4v) is 6.52. The maximum atomic E-state index is 13.1. The largest absolute Gasteiger partial charge is 0.343 e. The van der Waals surface area contributed by atoms with Crippen LogP contribution in [0.5, 0.6) is 0 Å². The number of fused-ring (bicyclic) bond motifs is 1. The number of hydrogen-bond donors (Lipinski definition) is 0. The predicted molar refractivity (Wildman–Crippen MR) is 124 cm³/mol. The number of benzene rings is 1. The molecule has 32 heavy (non-hydrogen) atoms. The maximum absolute atomic E-state index is 13.1. The molecule has 176 valence electrons. The van der Waals surface area contributed by atoms with Gasteiger partial charge in [-0.1, -0.05) is 19.8 Å². The van der Waals surface area contributed by atoms with Gasteiger partial charge in [0, 0.05) is 51.3 Å². The number of anilines is 1. The molecule has 4 rings (SSSR count). The highest BCUT2D eigenvalue weighted by Crippen LogP contribution is 2.32. The van der Waals surface area contributed by atoms with Gasteiger partial charge in [-0.25, -0.2) is 8.42 Å². The fraction of sp³-hybridized carbons (Fsp3) is 0.667. The van der Waals surface area contributed by atoms with E-state index >= 15 is 0 Å². The molecule has 3 aliphatic rings. The Bertz CT molecular complexity index is 946. The van der Waals surface area contributed by atoms with Crippen LogP contribution in [-0.2, 0) is 26.0 Å². The Morgan fingerprint density at radius 1 is 0.906 bits per heavy atom. The van der Waals surface area contributed by atoms with Crippen LogP contribution in [0.15, 0.2) is 23.1 Å². The van der Waals surface area contributed by atoms with Gasteiger partial charge < -0.3 is 9.80 Å². The van der Waals surface area contributed by atoms with Gasteiger partial charge in [-0.2, -0.15) is 4.31 Å². The van der Waals surface area contributed by atoms with Gasteiger partial charge in [0.25, 0.3) is 0 Å². The minimum atomic E-state index is -3.50. The Hall–Kier alpha value is -1.93. The van der Waals surface area contributed by atoms with Crippen LogP contribution in [0.25, 0.3) is 0 Å². The summed E-state index contributed by atoms with van der Waals surface area (Å²) in [5.41, 5.74) is 1.67. The summed E-state index contributed by atoms with van der Waals surface area (Å²) in [6.07, 6.45) is 7.28. The topological polar surface area (TPSA) is 78.0 Å². The van der Waals surface area contributed by atoms with Crippen molar-refractivity contribution in [2.75, 3.05) is 37.6 Å². The smallest absolute Gasteiger partial charge is 0.243 e. The molecule has 1 aromatic carbocycles. The molecule has 0 N–H and O–H groups in total. The van der Waals surface area contributed by atoms with E-state index < -0.39 is 10.0 Å². The molecule has 0 bridgehead atoms. The Balaban J connectivity index is 1.38. The predicted octanol–water partition coefficient (Wildman–Crippen LogP) is 3.18. The van der Waals surface area contributed by atoms with E-state index in [-0.39, 0.29) is 24.7 Å². The molecule has 2 saturated heterocycles. The summed E-state index contributed by atoms with van der Waals surface area (Å²) in [6, 6.07) is 5.12. The molecule has 0 atom stereocenters. The summed E-state index contributed by atoms with van der Waals surface area (Å²) >= 11 is 0. The summed E-state index contributed by atoms with van der Waals surface area (Å²) in [7, 11) is -3.50. The maximum Gasteiger partial charge on any atom is 0.243 e. The molecule has 8 heteroatoms. The van der Waals surface area contributed by atoms with Crippen molar-refractivity contribution in [3.05, 3.63) is 23.8 Å². The van der Waals surface area contributed by atoms with Crippen LogP contribution >= 0.6 is 0 Å². The normalized spacial score (nSPS) is 20.8. The number of carbonyl (C=O) groups excluding carboxylic acids is 2. The first-order valence-electron chi connectivity index (χ1n) is 12.1. The lowest BCUT2D eigenvalue weighted by Crippen LogP contribution is -2.37. The van der Waals surface area contributed by atoms with Crippen LogP contribution in [0.1, 0.15) is 63.9 Å². The lowest BCUT2D eigenvalue weighted by molar-refractivity contribution is -0.133. The van der Waals surface area contributed by atoms with Crippen LogP contribution < -0.4 is 4.90 Å². The molecule has 3 heterocycles. The lowest BCUT2D eigenvalue weighted by Gasteiger charge is -2.29. The van der Waals surface area contributed by atoms with E-state index in [0.717, 1.165) is 50.0 Å². The van der Waals surface area contributed by atoms with Crippen LogP contribution in [0, 0.1) is 5.92 Å². The van der Waals surface area contributed by atoms with Gasteiger partial charge in [0.2, 0.25) is 21.8 Å². The number of hydrogen-bond acceptors (Lipinski definition) is 4. The van der Waals surface area contributed by atoms with Crippen molar-refractivity contribution in [1.29, 1.82) is 0 Å². The third-order valence-electron chi connectivity index (χ3n) is 7.14. The second-order valence-electron chi connectivity index (χ2n) is 9.47. The van der Waals surface area contributed by atoms with Gasteiger partial charge in [0.05, 0.1) is 4.90 Å². The van der Waals surface area contributed by atoms with Gasteiger partial charge >= 0.3 is 0 Å². The van der Waals surface area contributed by atoms with Crippen molar-refractivity contribution >= 4 is 27.5 Å². The molecule has 2 fully saturated rings. The highest BCUT2D eigenvalue weighted by Gasteiger charge is 2.31. The molecule has 0 spiro atoms. The average Bonchev–Trinajstić information content (AvgIpc) is 3.02. The highest BCUT2D eigenvalue weighted by atomic mass is 32.2. The van der Waals surface area contributed by atoms with Crippen molar-refractivity contribution in [2.45, 2.75) is 69.6 Å². The molecular formula is C24H35N3O4S. The third-order valence-corrected chi connectivity index (χ3v) is 9.03. The molecule has 0 saturated carbocycles. The van der Waals surface area contributed by atoms with Crippen molar-refractivity contribution in [2.24, 2.45) is 5.92 Å². The van der Waals surface area contributed by atoms with Gasteiger partial charge in [-0.3, -0.25) is 9.59 Å². The summed E-state index contributed by atoms with van der Waals surface area (Å²) in [5.74, 6) is 0.566. The molecule has 0 unspecified atom stereocenters. The Kier molecular flexibility index (Phi) is 7.20. The fourth-order valence-electron chi connectivity index (χ4n) is 5.00. The SMILES string of the molecule is CC1CCN(S(=O)(=O)c2ccc3c(c2)CCN3C(=O)CCC(=O)N2CCCCCC2)CC1. The number of rotatable bonds is 5. The van der Waals surface area contributed by atoms with E-state index in [0.29, 0.717) is 36.9 Å². The number of nitrogens with zero attached hydrogens (tertiary/aromatic N) is 3. The first kappa shape index (κ1) is 23.2. The van der Waals surface area contributed by atoms with Crippen LogP contribution in [-0.4, -0.2) is 62.2 Å². The van der Waals surface area contributed by atoms with Crippen LogP contribution in [0.4, 0.5) is 5.69 Å². The third kappa shape index (κ3) is 5.01. The molecule has 0 radical (unpaired) electrons. The summed E-state index contributed by atoms with van der Waals surface area (Å²) in [6.45, 7) is 5.43. The minimum Gasteiger partial charge on any atom is -0.343 e. The molecule has 0 aliphatic carbocycles. The second kappa shape index (κ2) is 9.91. The molecule has 7 nitrogen and oxygen atoms in total. The zero-order chi connectivity index (χ0) is 22.7. The molecule has 2 amide bonds. The first-order chi connectivity index (χ1) is 15.4. The van der Waals surface area contributed by atoms with Gasteiger partial charge in [-0.05, 0) is 61.8 Å². The van der Waals surface area contributed by atoms with Gasteiger partial charge in [0.1, 0.15) is 0 Å². The number of likely N-dealkylation sites (tertiary alicyclic amines) is 1. The summed E-state index contributed by atoms with van der Waals surface area (Å²) < 4.78 is 27.7. The van der Waals surface area contributed by atoms with Gasteiger partial charge in [0.15, 0.2) is 0 Å².